The molecule has 2 aromatic heterocycles. The number of rotatable bonds is 6. The maximum absolute atomic E-state index is 12.8. The van der Waals surface area contributed by atoms with Crippen molar-refractivity contribution in [2.45, 2.75) is 37.8 Å². The molecule has 7 nitrogen and oxygen atoms in total. The van der Waals surface area contributed by atoms with Crippen LogP contribution in [0.25, 0.3) is 10.3 Å². The smallest absolute Gasteiger partial charge is 0.273 e. The minimum atomic E-state index is -0.130. The fourth-order valence-electron chi connectivity index (χ4n) is 3.47. The Balaban J connectivity index is 1.48. The van der Waals surface area contributed by atoms with Gasteiger partial charge in [-0.2, -0.15) is 4.98 Å². The summed E-state index contributed by atoms with van der Waals surface area (Å²) < 4.78 is 2.08. The van der Waals surface area contributed by atoms with Crippen LogP contribution in [0.5, 0.6) is 0 Å². The van der Waals surface area contributed by atoms with Crippen molar-refractivity contribution in [1.29, 1.82) is 0 Å². The number of nitrogens with one attached hydrogen (secondary N) is 1. The highest BCUT2D eigenvalue weighted by Crippen LogP contribution is 2.29. The molecule has 30 heavy (non-hydrogen) atoms. The summed E-state index contributed by atoms with van der Waals surface area (Å²) >= 11 is 2.66. The molecule has 3 aromatic rings. The molecule has 0 unspecified atom stereocenters. The SMILES string of the molecule is CCc1cccc(NC(=O)CSc2nc3nc(N4CCCCC4)sc3c(=O)n2C)c1. The lowest BCUT2D eigenvalue weighted by Gasteiger charge is -2.25. The first-order valence-electron chi connectivity index (χ1n) is 10.2. The summed E-state index contributed by atoms with van der Waals surface area (Å²) in [5, 5.41) is 4.28. The molecule has 1 aliphatic rings. The van der Waals surface area contributed by atoms with Crippen LogP contribution in [0.4, 0.5) is 10.8 Å². The molecule has 158 valence electrons. The molecule has 0 atom stereocenters. The molecule has 0 aliphatic carbocycles. The molecular formula is C21H25N5O2S2. The summed E-state index contributed by atoms with van der Waals surface area (Å²) in [4.78, 5) is 36.6. The molecule has 4 rings (SSSR count). The highest BCUT2D eigenvalue weighted by Gasteiger charge is 2.19. The van der Waals surface area contributed by atoms with Gasteiger partial charge in [0.25, 0.3) is 5.56 Å². The van der Waals surface area contributed by atoms with Crippen molar-refractivity contribution in [3.8, 4) is 0 Å². The highest BCUT2D eigenvalue weighted by molar-refractivity contribution is 7.99. The molecule has 1 N–H and O–H groups in total. The van der Waals surface area contributed by atoms with Gasteiger partial charge in [0.05, 0.1) is 5.75 Å². The van der Waals surface area contributed by atoms with E-state index < -0.39 is 0 Å². The molecule has 0 saturated carbocycles. The number of hydrogen-bond acceptors (Lipinski definition) is 7. The predicted molar refractivity (Wildman–Crippen MR) is 124 cm³/mol. The van der Waals surface area contributed by atoms with Crippen LogP contribution in [0.3, 0.4) is 0 Å². The largest absolute Gasteiger partial charge is 0.348 e. The average molecular weight is 444 g/mol. The zero-order valence-electron chi connectivity index (χ0n) is 17.2. The van der Waals surface area contributed by atoms with Gasteiger partial charge in [0.15, 0.2) is 15.9 Å². The second-order valence-electron chi connectivity index (χ2n) is 7.35. The number of carbonyl (C=O) groups excluding carboxylic acids is 1. The number of amides is 1. The quantitative estimate of drug-likeness (QED) is 0.462. The van der Waals surface area contributed by atoms with E-state index in [4.69, 9.17) is 0 Å². The number of benzene rings is 1. The number of anilines is 2. The predicted octanol–water partition coefficient (Wildman–Crippen LogP) is 3.67. The van der Waals surface area contributed by atoms with Gasteiger partial charge in [-0.15, -0.1) is 0 Å². The van der Waals surface area contributed by atoms with Gasteiger partial charge < -0.3 is 10.2 Å². The van der Waals surface area contributed by atoms with E-state index in [9.17, 15) is 9.59 Å². The van der Waals surface area contributed by atoms with Gasteiger partial charge in [-0.3, -0.25) is 14.2 Å². The van der Waals surface area contributed by atoms with Gasteiger partial charge in [-0.05, 0) is 43.4 Å². The number of piperidine rings is 1. The van der Waals surface area contributed by atoms with Crippen molar-refractivity contribution < 1.29 is 4.79 Å². The van der Waals surface area contributed by atoms with Crippen molar-refractivity contribution >= 4 is 50.2 Å². The van der Waals surface area contributed by atoms with E-state index in [0.717, 1.165) is 43.2 Å². The summed E-state index contributed by atoms with van der Waals surface area (Å²) in [6, 6.07) is 7.81. The van der Waals surface area contributed by atoms with E-state index in [1.807, 2.05) is 24.3 Å². The summed E-state index contributed by atoms with van der Waals surface area (Å²) in [5.74, 6) is 0.0421. The first-order valence-corrected chi connectivity index (χ1v) is 12.0. The third-order valence-electron chi connectivity index (χ3n) is 5.16. The van der Waals surface area contributed by atoms with Crippen LogP contribution in [0.1, 0.15) is 31.7 Å². The van der Waals surface area contributed by atoms with Crippen molar-refractivity contribution in [1.82, 2.24) is 14.5 Å². The molecule has 1 aromatic carbocycles. The minimum Gasteiger partial charge on any atom is -0.348 e. The second kappa shape index (κ2) is 9.18. The zero-order valence-corrected chi connectivity index (χ0v) is 18.8. The van der Waals surface area contributed by atoms with Crippen molar-refractivity contribution in [3.63, 3.8) is 0 Å². The van der Waals surface area contributed by atoms with Crippen LogP contribution in [-0.4, -0.2) is 39.3 Å². The zero-order chi connectivity index (χ0) is 21.1. The van der Waals surface area contributed by atoms with Gasteiger partial charge >= 0.3 is 0 Å². The van der Waals surface area contributed by atoms with E-state index in [0.29, 0.717) is 15.5 Å². The van der Waals surface area contributed by atoms with Gasteiger partial charge in [0.2, 0.25) is 5.91 Å². The Morgan fingerprint density at radius 3 is 2.80 bits per heavy atom. The fourth-order valence-corrected chi connectivity index (χ4v) is 5.26. The number of aryl methyl sites for hydroxylation is 1. The Hall–Kier alpha value is -2.39. The Labute approximate surface area is 183 Å². The van der Waals surface area contributed by atoms with Crippen molar-refractivity contribution in [3.05, 3.63) is 40.2 Å². The second-order valence-corrected chi connectivity index (χ2v) is 9.27. The number of thioether (sulfide) groups is 1. The minimum absolute atomic E-state index is 0.112. The molecule has 9 heteroatoms. The molecule has 0 bridgehead atoms. The summed E-state index contributed by atoms with van der Waals surface area (Å²) in [6.07, 6.45) is 4.46. The topological polar surface area (TPSA) is 80.1 Å². The van der Waals surface area contributed by atoms with Crippen LogP contribution in [0.2, 0.25) is 0 Å². The first kappa shape index (κ1) is 20.9. The molecule has 0 radical (unpaired) electrons. The lowest BCUT2D eigenvalue weighted by atomic mass is 10.1. The third kappa shape index (κ3) is 4.52. The fraction of sp³-hybridized carbons (Fsp3) is 0.429. The maximum Gasteiger partial charge on any atom is 0.273 e. The van der Waals surface area contributed by atoms with Crippen LogP contribution >= 0.6 is 23.1 Å². The lowest BCUT2D eigenvalue weighted by molar-refractivity contribution is -0.113. The van der Waals surface area contributed by atoms with E-state index in [-0.39, 0.29) is 17.2 Å². The molecule has 1 aliphatic heterocycles. The Morgan fingerprint density at radius 1 is 1.23 bits per heavy atom. The number of aromatic nitrogens is 3. The maximum atomic E-state index is 12.8. The monoisotopic (exact) mass is 443 g/mol. The Kier molecular flexibility index (Phi) is 6.38. The molecule has 0 spiro atoms. The molecule has 3 heterocycles. The number of hydrogen-bond donors (Lipinski definition) is 1. The van der Waals surface area contributed by atoms with Gasteiger partial charge in [0.1, 0.15) is 4.70 Å². The van der Waals surface area contributed by atoms with E-state index in [1.165, 1.54) is 39.7 Å². The standard InChI is InChI=1S/C21H25N5O2S2/c1-3-14-8-7-9-15(12-14)22-16(27)13-29-20-23-18-17(19(28)25(20)2)30-21(24-18)26-10-5-4-6-11-26/h7-9,12H,3-6,10-11,13H2,1-2H3,(H,22,27). The summed E-state index contributed by atoms with van der Waals surface area (Å²) in [5.41, 5.74) is 2.31. The number of carbonyl (C=O) groups is 1. The number of fused-ring (bicyclic) bond motifs is 1. The summed E-state index contributed by atoms with van der Waals surface area (Å²) in [6.45, 7) is 4.02. The Bertz CT molecular complexity index is 1120. The summed E-state index contributed by atoms with van der Waals surface area (Å²) in [7, 11) is 1.69. The number of nitrogens with zero attached hydrogens (tertiary/aromatic N) is 4. The van der Waals surface area contributed by atoms with E-state index >= 15 is 0 Å². The van der Waals surface area contributed by atoms with Crippen molar-refractivity contribution in [2.24, 2.45) is 7.05 Å². The van der Waals surface area contributed by atoms with Gasteiger partial charge in [-0.25, -0.2) is 4.98 Å². The molecule has 1 amide bonds. The molecule has 1 saturated heterocycles. The number of thiazole rings is 1. The van der Waals surface area contributed by atoms with E-state index in [2.05, 4.69) is 27.1 Å². The van der Waals surface area contributed by atoms with E-state index in [1.54, 1.807) is 7.05 Å². The lowest BCUT2D eigenvalue weighted by Crippen LogP contribution is -2.29. The third-order valence-corrected chi connectivity index (χ3v) is 7.29. The Morgan fingerprint density at radius 2 is 2.03 bits per heavy atom. The van der Waals surface area contributed by atoms with Gasteiger partial charge in [0, 0.05) is 25.8 Å². The highest BCUT2D eigenvalue weighted by atomic mass is 32.2. The molecular weight excluding hydrogens is 418 g/mol. The average Bonchev–Trinajstić information content (AvgIpc) is 3.20. The van der Waals surface area contributed by atoms with Crippen molar-refractivity contribution in [2.75, 3.05) is 29.1 Å². The van der Waals surface area contributed by atoms with Gasteiger partial charge in [-0.1, -0.05) is 42.2 Å². The normalized spacial score (nSPS) is 14.3. The van der Waals surface area contributed by atoms with Crippen LogP contribution in [0, 0.1) is 0 Å². The van der Waals surface area contributed by atoms with Crippen LogP contribution < -0.4 is 15.8 Å². The van der Waals surface area contributed by atoms with Crippen LogP contribution in [-0.2, 0) is 18.3 Å². The van der Waals surface area contributed by atoms with Crippen LogP contribution in [0.15, 0.2) is 34.2 Å². The molecule has 1 fully saturated rings. The first-order chi connectivity index (χ1) is 14.5.